The maximum Gasteiger partial charge on any atom is 0.129 e. The first-order valence-corrected chi connectivity index (χ1v) is 7.00. The number of rotatable bonds is 2. The lowest BCUT2D eigenvalue weighted by molar-refractivity contribution is 0.154. The maximum absolute atomic E-state index is 13.8. The quantitative estimate of drug-likeness (QED) is 0.903. The number of hydrogen-bond donors (Lipinski definition) is 1. The van der Waals surface area contributed by atoms with Gasteiger partial charge in [-0.25, -0.2) is 4.39 Å². The Morgan fingerprint density at radius 2 is 2.21 bits per heavy atom. The van der Waals surface area contributed by atoms with Crippen LogP contribution in [-0.4, -0.2) is 30.6 Å². The zero-order valence-electron chi connectivity index (χ0n) is 10.7. The van der Waals surface area contributed by atoms with Crippen molar-refractivity contribution in [3.05, 3.63) is 34.6 Å². The second kappa shape index (κ2) is 6.40. The number of likely N-dealkylation sites (tertiary alicyclic amines) is 1. The van der Waals surface area contributed by atoms with Crippen molar-refractivity contribution in [1.29, 1.82) is 0 Å². The van der Waals surface area contributed by atoms with Gasteiger partial charge >= 0.3 is 0 Å². The minimum atomic E-state index is -0.186. The standard InChI is InChI=1S/C14H18ClFN2.ClH/c15-12-2-1-3-13(16)11(12)9-18-7-5-14-10(8-18)4-6-17-14;/h1-3,10,14,17H,4-9H2;1H. The molecule has 0 saturated carbocycles. The predicted octanol–water partition coefficient (Wildman–Crippen LogP) is 3.08. The lowest BCUT2D eigenvalue weighted by Crippen LogP contribution is -2.44. The highest BCUT2D eigenvalue weighted by molar-refractivity contribution is 6.31. The summed E-state index contributed by atoms with van der Waals surface area (Å²) in [6.07, 6.45) is 2.41. The molecule has 2 nitrogen and oxygen atoms in total. The zero-order valence-corrected chi connectivity index (χ0v) is 12.3. The molecule has 2 fully saturated rings. The molecule has 0 amide bonds. The van der Waals surface area contributed by atoms with Gasteiger partial charge in [-0.05, 0) is 44.0 Å². The van der Waals surface area contributed by atoms with E-state index in [1.54, 1.807) is 12.1 Å². The average molecular weight is 305 g/mol. The molecule has 0 spiro atoms. The van der Waals surface area contributed by atoms with Crippen LogP contribution in [0.5, 0.6) is 0 Å². The predicted molar refractivity (Wildman–Crippen MR) is 78.4 cm³/mol. The Hall–Kier alpha value is -0.350. The summed E-state index contributed by atoms with van der Waals surface area (Å²) in [5.74, 6) is 0.540. The zero-order chi connectivity index (χ0) is 12.5. The fourth-order valence-corrected chi connectivity index (χ4v) is 3.40. The normalized spacial score (nSPS) is 26.8. The fraction of sp³-hybridized carbons (Fsp3) is 0.571. The molecule has 5 heteroatoms. The molecule has 2 saturated heterocycles. The van der Waals surface area contributed by atoms with Gasteiger partial charge in [0.05, 0.1) is 0 Å². The molecule has 0 bridgehead atoms. The van der Waals surface area contributed by atoms with E-state index >= 15 is 0 Å². The largest absolute Gasteiger partial charge is 0.314 e. The summed E-state index contributed by atoms with van der Waals surface area (Å²) in [6, 6.07) is 5.60. The van der Waals surface area contributed by atoms with Crippen LogP contribution in [0.2, 0.25) is 5.02 Å². The summed E-state index contributed by atoms with van der Waals surface area (Å²) < 4.78 is 13.8. The molecule has 1 N–H and O–H groups in total. The van der Waals surface area contributed by atoms with Crippen LogP contribution in [0.15, 0.2) is 18.2 Å². The highest BCUT2D eigenvalue weighted by Crippen LogP contribution is 2.27. The third-order valence-electron chi connectivity index (χ3n) is 4.18. The summed E-state index contributed by atoms with van der Waals surface area (Å²) in [5.41, 5.74) is 0.642. The van der Waals surface area contributed by atoms with Crippen molar-refractivity contribution in [3.8, 4) is 0 Å². The van der Waals surface area contributed by atoms with Gasteiger partial charge in [-0.15, -0.1) is 12.4 Å². The number of halogens is 3. The molecule has 3 rings (SSSR count). The van der Waals surface area contributed by atoms with Crippen LogP contribution < -0.4 is 5.32 Å². The number of piperidine rings is 1. The molecule has 0 aliphatic carbocycles. The Labute approximate surface area is 124 Å². The molecule has 2 heterocycles. The van der Waals surface area contributed by atoms with Crippen molar-refractivity contribution < 1.29 is 4.39 Å². The topological polar surface area (TPSA) is 15.3 Å². The van der Waals surface area contributed by atoms with E-state index in [9.17, 15) is 4.39 Å². The van der Waals surface area contributed by atoms with E-state index in [4.69, 9.17) is 11.6 Å². The molecular formula is C14H19Cl2FN2. The Bertz CT molecular complexity index is 421. The Balaban J connectivity index is 0.00000133. The number of nitrogens with zero attached hydrogens (tertiary/aromatic N) is 1. The lowest BCUT2D eigenvalue weighted by atomic mass is 9.93. The Morgan fingerprint density at radius 1 is 1.37 bits per heavy atom. The number of hydrogen-bond acceptors (Lipinski definition) is 2. The third kappa shape index (κ3) is 3.22. The number of nitrogens with one attached hydrogen (secondary N) is 1. The van der Waals surface area contributed by atoms with Crippen LogP contribution in [0.4, 0.5) is 4.39 Å². The van der Waals surface area contributed by atoms with E-state index < -0.39 is 0 Å². The molecule has 0 radical (unpaired) electrons. The fourth-order valence-electron chi connectivity index (χ4n) is 3.17. The molecule has 2 aliphatic heterocycles. The molecule has 0 aromatic heterocycles. The Kier molecular flexibility index (Phi) is 5.07. The number of benzene rings is 1. The van der Waals surface area contributed by atoms with E-state index in [0.717, 1.165) is 32.0 Å². The van der Waals surface area contributed by atoms with Gasteiger partial charge in [0.15, 0.2) is 0 Å². The van der Waals surface area contributed by atoms with Crippen molar-refractivity contribution in [3.63, 3.8) is 0 Å². The smallest absolute Gasteiger partial charge is 0.129 e. The SMILES string of the molecule is Cl.Fc1cccc(Cl)c1CN1CCC2NCCC2C1. The summed E-state index contributed by atoms with van der Waals surface area (Å²) in [7, 11) is 0. The molecule has 2 unspecified atom stereocenters. The molecule has 2 atom stereocenters. The van der Waals surface area contributed by atoms with Crippen LogP contribution in [0, 0.1) is 11.7 Å². The maximum atomic E-state index is 13.8. The minimum Gasteiger partial charge on any atom is -0.314 e. The van der Waals surface area contributed by atoms with Gasteiger partial charge in [0.1, 0.15) is 5.82 Å². The van der Waals surface area contributed by atoms with E-state index in [2.05, 4.69) is 10.2 Å². The molecule has 106 valence electrons. The van der Waals surface area contributed by atoms with Gasteiger partial charge in [-0.1, -0.05) is 17.7 Å². The van der Waals surface area contributed by atoms with Crippen molar-refractivity contribution in [1.82, 2.24) is 10.2 Å². The van der Waals surface area contributed by atoms with E-state index in [1.807, 2.05) is 0 Å². The molecule has 19 heavy (non-hydrogen) atoms. The lowest BCUT2D eigenvalue weighted by Gasteiger charge is -2.35. The van der Waals surface area contributed by atoms with E-state index in [1.165, 1.54) is 12.5 Å². The van der Waals surface area contributed by atoms with E-state index in [-0.39, 0.29) is 18.2 Å². The van der Waals surface area contributed by atoms with Crippen LogP contribution >= 0.6 is 24.0 Å². The summed E-state index contributed by atoms with van der Waals surface area (Å²) in [6.45, 7) is 3.85. The first-order chi connectivity index (χ1) is 8.74. The van der Waals surface area contributed by atoms with Crippen molar-refractivity contribution in [2.75, 3.05) is 19.6 Å². The van der Waals surface area contributed by atoms with Crippen LogP contribution in [0.1, 0.15) is 18.4 Å². The van der Waals surface area contributed by atoms with Gasteiger partial charge in [0.25, 0.3) is 0 Å². The van der Waals surface area contributed by atoms with Gasteiger partial charge in [-0.2, -0.15) is 0 Å². The van der Waals surface area contributed by atoms with E-state index in [0.29, 0.717) is 23.2 Å². The average Bonchev–Trinajstić information content (AvgIpc) is 2.81. The summed E-state index contributed by atoms with van der Waals surface area (Å²) in [5, 5.41) is 4.08. The summed E-state index contributed by atoms with van der Waals surface area (Å²) >= 11 is 6.08. The van der Waals surface area contributed by atoms with Crippen LogP contribution in [0.3, 0.4) is 0 Å². The second-order valence-corrected chi connectivity index (χ2v) is 5.74. The van der Waals surface area contributed by atoms with Crippen LogP contribution in [0.25, 0.3) is 0 Å². The van der Waals surface area contributed by atoms with Crippen LogP contribution in [-0.2, 0) is 6.54 Å². The molecular weight excluding hydrogens is 286 g/mol. The van der Waals surface area contributed by atoms with Gasteiger partial charge in [-0.3, -0.25) is 4.90 Å². The third-order valence-corrected chi connectivity index (χ3v) is 4.54. The monoisotopic (exact) mass is 304 g/mol. The highest BCUT2D eigenvalue weighted by atomic mass is 35.5. The minimum absolute atomic E-state index is 0. The Morgan fingerprint density at radius 3 is 3.00 bits per heavy atom. The number of fused-ring (bicyclic) bond motifs is 1. The second-order valence-electron chi connectivity index (χ2n) is 5.33. The highest BCUT2D eigenvalue weighted by Gasteiger charge is 2.32. The molecule has 1 aromatic rings. The first kappa shape index (κ1) is 15.0. The van der Waals surface area contributed by atoms with Crippen molar-refractivity contribution in [2.24, 2.45) is 5.92 Å². The van der Waals surface area contributed by atoms with Crippen molar-refractivity contribution in [2.45, 2.75) is 25.4 Å². The van der Waals surface area contributed by atoms with Crippen molar-refractivity contribution >= 4 is 24.0 Å². The van der Waals surface area contributed by atoms with Gasteiger partial charge in [0, 0.05) is 29.7 Å². The summed E-state index contributed by atoms with van der Waals surface area (Å²) in [4.78, 5) is 2.33. The van der Waals surface area contributed by atoms with Gasteiger partial charge < -0.3 is 5.32 Å². The molecule has 1 aromatic carbocycles. The molecule has 2 aliphatic rings. The first-order valence-electron chi connectivity index (χ1n) is 6.62. The van der Waals surface area contributed by atoms with Gasteiger partial charge in [0.2, 0.25) is 0 Å².